The van der Waals surface area contributed by atoms with Gasteiger partial charge in [0, 0.05) is 95.2 Å². The van der Waals surface area contributed by atoms with Crippen LogP contribution in [0.1, 0.15) is 253 Å². The molecule has 0 radical (unpaired) electrons. The molecule has 134 heavy (non-hydrogen) atoms. The summed E-state index contributed by atoms with van der Waals surface area (Å²) in [6.45, 7) is 14.6. The third-order valence-corrected chi connectivity index (χ3v) is 21.0. The molecule has 2 aliphatic heterocycles. The summed E-state index contributed by atoms with van der Waals surface area (Å²) in [5, 5.41) is 0. The molecule has 15 rings (SSSR count). The largest absolute Gasteiger partial charge is 0.453 e. The lowest BCUT2D eigenvalue weighted by Gasteiger charge is -2.34. The van der Waals surface area contributed by atoms with E-state index in [4.69, 9.17) is 18.9 Å². The third-order valence-electron chi connectivity index (χ3n) is 20.0. The number of allylic oxidation sites excluding steroid dienone is 24. The van der Waals surface area contributed by atoms with Crippen LogP contribution in [-0.2, 0) is 95.7 Å². The zero-order valence-corrected chi connectivity index (χ0v) is 76.0. The third kappa shape index (κ3) is 41.9. The van der Waals surface area contributed by atoms with Gasteiger partial charge in [0.1, 0.15) is 68.6 Å². The van der Waals surface area contributed by atoms with Crippen molar-refractivity contribution >= 4 is 159 Å². The van der Waals surface area contributed by atoms with E-state index in [9.17, 15) is 120 Å². The van der Waals surface area contributed by atoms with Gasteiger partial charge in [-0.1, -0.05) is 76.3 Å². The lowest BCUT2D eigenvalue weighted by molar-refractivity contribution is -0.205. The summed E-state index contributed by atoms with van der Waals surface area (Å²) in [4.78, 5) is 261. The molecule has 11 aliphatic rings. The molecule has 9 aliphatic carbocycles. The number of benzene rings is 1. The van der Waals surface area contributed by atoms with Crippen molar-refractivity contribution in [2.75, 3.05) is 0 Å². The number of ether oxygens (including phenoxy) is 4. The number of hydrogen-bond donors (Lipinski definition) is 0. The summed E-state index contributed by atoms with van der Waals surface area (Å²) in [7, 11) is 0. The zero-order valence-electron chi connectivity index (χ0n) is 75.2. The molecule has 3 atom stereocenters. The highest BCUT2D eigenvalue weighted by molar-refractivity contribution is 7.15. The van der Waals surface area contributed by atoms with Crippen LogP contribution in [0.2, 0.25) is 0 Å². The summed E-state index contributed by atoms with van der Waals surface area (Å²) in [6, 6.07) is 14.6. The summed E-state index contributed by atoms with van der Waals surface area (Å²) in [5.74, 6) is 0.487. The second-order valence-electron chi connectivity index (χ2n) is 33.3. The van der Waals surface area contributed by atoms with Crippen molar-refractivity contribution in [2.45, 2.75) is 183 Å². The van der Waals surface area contributed by atoms with Crippen LogP contribution in [0.5, 0.6) is 0 Å². The minimum atomic E-state index is -1.03. The first-order valence-electron chi connectivity index (χ1n) is 42.0. The van der Waals surface area contributed by atoms with E-state index in [-0.39, 0.29) is 74.3 Å². The van der Waals surface area contributed by atoms with Crippen molar-refractivity contribution in [3.05, 3.63) is 267 Å². The number of thiophene rings is 1. The molecule has 0 bridgehead atoms. The molecule has 1 aromatic carbocycles. The van der Waals surface area contributed by atoms with Gasteiger partial charge < -0.3 is 27.8 Å². The fraction of sp³-hybridized carbons (Fsp3) is 0.324. The molecular formula is C102H104O31S. The van der Waals surface area contributed by atoms with E-state index in [2.05, 4.69) is 28.8 Å². The molecule has 3 aromatic heterocycles. The fourth-order valence-electron chi connectivity index (χ4n) is 14.2. The number of cyclic esters (lactones) is 1. The summed E-state index contributed by atoms with van der Waals surface area (Å²) in [6.07, 6.45) is 47.8. The Morgan fingerprint density at radius 2 is 0.709 bits per heavy atom. The number of fused-ring (bicyclic) bond motifs is 3. The van der Waals surface area contributed by atoms with Crippen LogP contribution >= 0.6 is 11.3 Å². The van der Waals surface area contributed by atoms with E-state index in [0.717, 1.165) is 192 Å². The minimum absolute atomic E-state index is 0.00579. The number of rotatable bonds is 18. The maximum atomic E-state index is 11.4. The van der Waals surface area contributed by atoms with Crippen molar-refractivity contribution in [3.63, 3.8) is 0 Å². The number of carbonyl (C=O) groups is 24. The molecule has 32 heteroatoms. The van der Waals surface area contributed by atoms with Gasteiger partial charge >= 0.3 is 5.97 Å². The molecule has 0 saturated carbocycles. The van der Waals surface area contributed by atoms with Gasteiger partial charge in [0.05, 0.1) is 15.8 Å². The van der Waals surface area contributed by atoms with Gasteiger partial charge in [-0.2, -0.15) is 0 Å². The molecular weight excluding hydrogens is 1750 g/mol. The molecule has 31 nitrogen and oxygen atoms in total. The van der Waals surface area contributed by atoms with Crippen molar-refractivity contribution < 1.29 is 143 Å². The first-order chi connectivity index (χ1) is 63.8. The highest BCUT2D eigenvalue weighted by Crippen LogP contribution is 2.44. The second-order valence-corrected chi connectivity index (χ2v) is 34.4. The Morgan fingerprint density at radius 1 is 0.306 bits per heavy atom. The van der Waals surface area contributed by atoms with Gasteiger partial charge in [-0.3, -0.25) is 115 Å². The SMILES string of the molecule is CC1(C)CC(=O)C=C(C=O)C1.CC1(C)CC(C=O)=C/C(=C\C=O)C1.CC1(C)OC(=O)C=C(C=O)O1.CC1(C)OC(C=O)=C/C(=C\C=O)O1.O=CC1=CC(=O)CC1.O=CC1=CC(=O)CCC1.O=CC1=CC2=CC(=O)CCC2CC1.O=CC1=CC2=CC3=CC(=O)CCC3CC2CC1.O=Cc1cc(=O)cc(C=O)o1.O=Cc1ccc(C=O)cc1.O=Cc1ccc(C=O)o1.O=Cc1ccc(C=O)s1. The van der Waals surface area contributed by atoms with Gasteiger partial charge in [0.25, 0.3) is 0 Å². The summed E-state index contributed by atoms with van der Waals surface area (Å²) in [5.41, 5.74) is 9.73. The van der Waals surface area contributed by atoms with Crippen LogP contribution in [0.3, 0.4) is 0 Å². The summed E-state index contributed by atoms with van der Waals surface area (Å²) < 4.78 is 29.3. The van der Waals surface area contributed by atoms with Crippen LogP contribution in [0.25, 0.3) is 0 Å². The topological polar surface area (TPSA) is 490 Å². The molecule has 4 aromatic rings. The average Bonchev–Trinajstić information content (AvgIpc) is 1.04. The smallest absolute Gasteiger partial charge is 0.337 e. The van der Waals surface area contributed by atoms with Crippen molar-refractivity contribution in [1.29, 1.82) is 0 Å². The highest BCUT2D eigenvalue weighted by Gasteiger charge is 2.34. The number of hydrogen-bond acceptors (Lipinski definition) is 32. The van der Waals surface area contributed by atoms with Gasteiger partial charge in [0.2, 0.25) is 11.6 Å². The quantitative estimate of drug-likeness (QED) is 0.0507. The van der Waals surface area contributed by atoms with E-state index < -0.39 is 23.0 Å². The standard InChI is InChI=1S/C15H16O2.C11H12O2.C11H14O2.C9H10O4.C9H12O2.C8H6O2.C7H8O4.C7H4O4.C7H8O2.C6H4O3.C6H4O2S.C6H6O2/c16-9-10-1-2-11-6-12-3-4-15(17)8-14(12)7-13(11)5-10;12-7-8-1-2-9-3-4-11(13)6-10(9)5-8;1-11(2)6-9(3-4-12)5-10(7-11)8-13;1-9(2)12-7(3-4-10)5-8(6-11)13-9;1-9(2)4-7(6-10)3-8(11)5-9;9-5-7-1-2-8(6-10)4-3-7;1-7(2)10-5(4-8)3-6(9)11-7;8-3-6-1-5(10)2-7(4-9)11-6;8-5-6-2-1-3-7(9)4-6;2*7-3-5-1-2-6(4-8)9-5;7-4-5-1-2-6(8)3-5/h5,7-9,11-12H,1-4,6H2;5-7,9H,1-4H2;3-5,8H,6-7H2,1-2H3;3-6H,1-2H3;3,6H,4-5H2,1-2H3;1-6H;3-4H,1-2H3;1-4H;4-5H,1-3H2;2*1-4H;3-4H,1-2H2/b;;9-3+;7-3+;;;;;;;;. The Morgan fingerprint density at radius 3 is 1.12 bits per heavy atom. The van der Waals surface area contributed by atoms with Crippen LogP contribution < -0.4 is 5.43 Å². The molecule has 0 N–H and O–H groups in total. The van der Waals surface area contributed by atoms with Crippen LogP contribution in [0.4, 0.5) is 0 Å². The van der Waals surface area contributed by atoms with Crippen LogP contribution in [0, 0.1) is 28.6 Å². The molecule has 704 valence electrons. The Hall–Kier alpha value is -15.0. The monoisotopic (exact) mass is 1860 g/mol. The molecule has 5 heterocycles. The Labute approximate surface area is 776 Å². The van der Waals surface area contributed by atoms with E-state index in [1.54, 1.807) is 76.2 Å². The number of carbonyl (C=O) groups excluding carboxylic acids is 24. The second kappa shape index (κ2) is 57.3. The zero-order chi connectivity index (χ0) is 99.6. The lowest BCUT2D eigenvalue weighted by Crippen LogP contribution is -2.34. The number of esters is 1. The number of furan rings is 1. The molecule has 0 saturated heterocycles. The molecule has 0 fully saturated rings. The van der Waals surface area contributed by atoms with Crippen molar-refractivity contribution in [3.8, 4) is 0 Å². The normalized spacial score (nSPS) is 19.8. The first-order valence-corrected chi connectivity index (χ1v) is 42.8. The predicted molar refractivity (Wildman–Crippen MR) is 487 cm³/mol. The van der Waals surface area contributed by atoms with E-state index in [1.807, 2.05) is 32.1 Å². The van der Waals surface area contributed by atoms with Gasteiger partial charge in [-0.25, -0.2) is 4.79 Å². The maximum Gasteiger partial charge on any atom is 0.337 e. The van der Waals surface area contributed by atoms with Crippen molar-refractivity contribution in [1.82, 2.24) is 0 Å². The number of aldehydes is 18. The number of ketones is 5. The van der Waals surface area contributed by atoms with Gasteiger partial charge in [0.15, 0.2) is 119 Å². The minimum Gasteiger partial charge on any atom is -0.453 e. The molecule has 0 spiro atoms. The lowest BCUT2D eigenvalue weighted by atomic mass is 9.70. The van der Waals surface area contributed by atoms with Gasteiger partial charge in [-0.15, -0.1) is 11.3 Å². The Balaban J connectivity index is 0.000000307. The van der Waals surface area contributed by atoms with E-state index in [0.29, 0.717) is 144 Å². The summed E-state index contributed by atoms with van der Waals surface area (Å²) >= 11 is 1.20. The molecule has 3 unspecified atom stereocenters. The van der Waals surface area contributed by atoms with Crippen LogP contribution in [0.15, 0.2) is 226 Å². The maximum absolute atomic E-state index is 11.4. The van der Waals surface area contributed by atoms with Crippen LogP contribution in [-0.4, -0.2) is 160 Å². The van der Waals surface area contributed by atoms with E-state index >= 15 is 0 Å². The highest BCUT2D eigenvalue weighted by atomic mass is 32.1. The van der Waals surface area contributed by atoms with Crippen molar-refractivity contribution in [2.24, 2.45) is 28.6 Å². The van der Waals surface area contributed by atoms with E-state index in [1.165, 1.54) is 71.1 Å². The first kappa shape index (κ1) is 111. The Kier molecular flexibility index (Phi) is 47.6. The predicted octanol–water partition coefficient (Wildman–Crippen LogP) is 14.6. The van der Waals surface area contributed by atoms with Gasteiger partial charge in [-0.05, 0) is 229 Å². The average molecular weight is 1860 g/mol. The molecule has 0 amide bonds. The fourth-order valence-corrected chi connectivity index (χ4v) is 14.8. The Bertz CT molecular complexity index is 5280.